The van der Waals surface area contributed by atoms with E-state index in [4.69, 9.17) is 9.47 Å². The van der Waals surface area contributed by atoms with E-state index < -0.39 is 0 Å². The van der Waals surface area contributed by atoms with Gasteiger partial charge in [0, 0.05) is 24.4 Å². The van der Waals surface area contributed by atoms with Crippen LogP contribution in [0.15, 0.2) is 36.7 Å². The van der Waals surface area contributed by atoms with Crippen molar-refractivity contribution in [2.24, 2.45) is 0 Å². The predicted molar refractivity (Wildman–Crippen MR) is 134 cm³/mol. The van der Waals surface area contributed by atoms with E-state index in [1.54, 1.807) is 0 Å². The Balaban J connectivity index is 1.67. The molecule has 32 heavy (non-hydrogen) atoms. The summed E-state index contributed by atoms with van der Waals surface area (Å²) in [4.78, 5) is 9.17. The molecule has 1 heterocycles. The van der Waals surface area contributed by atoms with Crippen LogP contribution in [0.3, 0.4) is 0 Å². The van der Waals surface area contributed by atoms with Gasteiger partial charge in [-0.25, -0.2) is 9.97 Å². The highest BCUT2D eigenvalue weighted by molar-refractivity contribution is 5.55. The van der Waals surface area contributed by atoms with Gasteiger partial charge in [0.15, 0.2) is 12.1 Å². The zero-order valence-electron chi connectivity index (χ0n) is 20.7. The topological polar surface area (TPSA) is 44.2 Å². The molecule has 0 aliphatic rings. The highest BCUT2D eigenvalue weighted by Crippen LogP contribution is 2.21. The highest BCUT2D eigenvalue weighted by Gasteiger charge is 2.09. The second-order valence-electron chi connectivity index (χ2n) is 8.70. The molecule has 2 aromatic rings. The third-order valence-electron chi connectivity index (χ3n) is 5.75. The van der Waals surface area contributed by atoms with E-state index in [9.17, 15) is 0 Å². The number of ether oxygens (including phenoxy) is 2. The van der Waals surface area contributed by atoms with E-state index in [2.05, 4.69) is 30.7 Å². The number of aromatic nitrogens is 2. The van der Waals surface area contributed by atoms with Crippen LogP contribution in [-0.4, -0.2) is 22.9 Å². The summed E-state index contributed by atoms with van der Waals surface area (Å²) in [5.41, 5.74) is 2.23. The molecular formula is C28H44N2O2. The first kappa shape index (κ1) is 26.3. The molecule has 0 bridgehead atoms. The maximum Gasteiger partial charge on any atom is 0.199 e. The van der Waals surface area contributed by atoms with Crippen LogP contribution in [-0.2, 0) is 11.2 Å². The Morgan fingerprint density at radius 1 is 0.719 bits per heavy atom. The zero-order valence-corrected chi connectivity index (χ0v) is 20.7. The monoisotopic (exact) mass is 440 g/mol. The molecule has 0 fully saturated rings. The number of unbranched alkanes of at least 4 members (excludes halogenated alkanes) is 9. The van der Waals surface area contributed by atoms with Gasteiger partial charge in [-0.15, -0.1) is 0 Å². The Morgan fingerprint density at radius 2 is 1.31 bits per heavy atom. The summed E-state index contributed by atoms with van der Waals surface area (Å²) in [6.45, 7) is 7.17. The van der Waals surface area contributed by atoms with Crippen LogP contribution in [0.5, 0.6) is 5.75 Å². The number of hydrogen-bond donors (Lipinski definition) is 0. The fourth-order valence-corrected chi connectivity index (χ4v) is 3.77. The van der Waals surface area contributed by atoms with Gasteiger partial charge in [0.1, 0.15) is 5.75 Å². The molecule has 4 nitrogen and oxygen atoms in total. The second-order valence-corrected chi connectivity index (χ2v) is 8.70. The molecule has 0 spiro atoms. The Labute approximate surface area is 196 Å². The molecule has 1 aromatic heterocycles. The molecule has 0 N–H and O–H groups in total. The summed E-state index contributed by atoms with van der Waals surface area (Å²) in [5, 5.41) is 0. The number of hydrogen-bond acceptors (Lipinski definition) is 4. The Morgan fingerprint density at radius 3 is 1.88 bits per heavy atom. The Bertz CT molecular complexity index is 700. The van der Waals surface area contributed by atoms with Crippen LogP contribution >= 0.6 is 0 Å². The minimum absolute atomic E-state index is 0.192. The van der Waals surface area contributed by atoms with Crippen LogP contribution in [0.25, 0.3) is 11.4 Å². The summed E-state index contributed by atoms with van der Waals surface area (Å²) in [6.07, 6.45) is 20.3. The molecule has 0 radical (unpaired) electrons. The average Bonchev–Trinajstić information content (AvgIpc) is 2.84. The molecular weight excluding hydrogens is 396 g/mol. The molecule has 0 saturated carbocycles. The summed E-state index contributed by atoms with van der Waals surface area (Å²) in [7, 11) is 0. The fourth-order valence-electron chi connectivity index (χ4n) is 3.77. The standard InChI is InChI=1S/C28H44N2O2/c1-4-7-8-9-10-11-12-13-14-15-16-24-22-29-28(30-23-24)25-17-19-26(20-18-25)32-27(6-3)31-21-5-2/h17-20,22-23,27H,4-16,21H2,1-3H3. The normalized spacial score (nSPS) is 12.1. The van der Waals surface area contributed by atoms with Crippen LogP contribution in [0.4, 0.5) is 0 Å². The lowest BCUT2D eigenvalue weighted by atomic mass is 10.0. The van der Waals surface area contributed by atoms with Gasteiger partial charge < -0.3 is 9.47 Å². The van der Waals surface area contributed by atoms with Gasteiger partial charge in [-0.05, 0) is 49.1 Å². The minimum Gasteiger partial charge on any atom is -0.465 e. The smallest absolute Gasteiger partial charge is 0.199 e. The Kier molecular flexibility index (Phi) is 13.7. The number of rotatable bonds is 18. The molecule has 0 aliphatic heterocycles. The minimum atomic E-state index is -0.192. The second kappa shape index (κ2) is 16.7. The van der Waals surface area contributed by atoms with Crippen molar-refractivity contribution in [1.29, 1.82) is 0 Å². The van der Waals surface area contributed by atoms with E-state index in [-0.39, 0.29) is 6.29 Å². The van der Waals surface area contributed by atoms with Gasteiger partial charge >= 0.3 is 0 Å². The Hall–Kier alpha value is -1.94. The third kappa shape index (κ3) is 10.6. The maximum absolute atomic E-state index is 5.91. The molecule has 178 valence electrons. The fraction of sp³-hybridized carbons (Fsp3) is 0.643. The van der Waals surface area contributed by atoms with Crippen molar-refractivity contribution in [1.82, 2.24) is 9.97 Å². The molecule has 0 saturated heterocycles. The molecule has 1 aromatic carbocycles. The van der Waals surface area contributed by atoms with E-state index in [0.29, 0.717) is 0 Å². The van der Waals surface area contributed by atoms with Crippen molar-refractivity contribution in [2.75, 3.05) is 6.61 Å². The van der Waals surface area contributed by atoms with Crippen molar-refractivity contribution < 1.29 is 9.47 Å². The van der Waals surface area contributed by atoms with Crippen molar-refractivity contribution in [3.63, 3.8) is 0 Å². The van der Waals surface area contributed by atoms with Crippen molar-refractivity contribution >= 4 is 0 Å². The van der Waals surface area contributed by atoms with Crippen molar-refractivity contribution in [2.45, 2.75) is 111 Å². The van der Waals surface area contributed by atoms with Crippen LogP contribution in [0.2, 0.25) is 0 Å². The van der Waals surface area contributed by atoms with Crippen molar-refractivity contribution in [3.05, 3.63) is 42.2 Å². The number of aryl methyl sites for hydroxylation is 1. The molecule has 1 unspecified atom stereocenters. The third-order valence-corrected chi connectivity index (χ3v) is 5.75. The lowest BCUT2D eigenvalue weighted by Gasteiger charge is -2.17. The van der Waals surface area contributed by atoms with Crippen LogP contribution in [0.1, 0.15) is 103 Å². The SMILES string of the molecule is CCCCCCCCCCCCc1cnc(-c2ccc(OC(CC)OCCC)cc2)nc1. The van der Waals surface area contributed by atoms with Crippen LogP contribution in [0, 0.1) is 0 Å². The lowest BCUT2D eigenvalue weighted by molar-refractivity contribution is -0.0812. The molecule has 0 aliphatic carbocycles. The van der Waals surface area contributed by atoms with Gasteiger partial charge in [-0.3, -0.25) is 0 Å². The molecule has 1 atom stereocenters. The van der Waals surface area contributed by atoms with E-state index >= 15 is 0 Å². The van der Waals surface area contributed by atoms with E-state index in [1.807, 2.05) is 36.7 Å². The van der Waals surface area contributed by atoms with Gasteiger partial charge in [0.25, 0.3) is 0 Å². The first-order valence-electron chi connectivity index (χ1n) is 13.0. The molecule has 0 amide bonds. The summed E-state index contributed by atoms with van der Waals surface area (Å²) >= 11 is 0. The number of nitrogens with zero attached hydrogens (tertiary/aromatic N) is 2. The van der Waals surface area contributed by atoms with Gasteiger partial charge in [0.05, 0.1) is 6.61 Å². The predicted octanol–water partition coefficient (Wildman–Crippen LogP) is 8.15. The average molecular weight is 441 g/mol. The van der Waals surface area contributed by atoms with Gasteiger partial charge in [-0.2, -0.15) is 0 Å². The zero-order chi connectivity index (χ0) is 22.9. The first-order valence-corrected chi connectivity index (χ1v) is 13.0. The largest absolute Gasteiger partial charge is 0.465 e. The van der Waals surface area contributed by atoms with E-state index in [1.165, 1.54) is 69.8 Å². The lowest BCUT2D eigenvalue weighted by Crippen LogP contribution is -2.19. The summed E-state index contributed by atoms with van der Waals surface area (Å²) in [6, 6.07) is 7.96. The van der Waals surface area contributed by atoms with Gasteiger partial charge in [0.2, 0.25) is 0 Å². The van der Waals surface area contributed by atoms with E-state index in [0.717, 1.165) is 43.0 Å². The quantitative estimate of drug-likeness (QED) is 0.173. The maximum atomic E-state index is 5.91. The summed E-state index contributed by atoms with van der Waals surface area (Å²) < 4.78 is 11.6. The number of benzene rings is 1. The van der Waals surface area contributed by atoms with Gasteiger partial charge in [-0.1, -0.05) is 78.6 Å². The highest BCUT2D eigenvalue weighted by atomic mass is 16.7. The van der Waals surface area contributed by atoms with Crippen molar-refractivity contribution in [3.8, 4) is 17.1 Å². The first-order chi connectivity index (χ1) is 15.8. The van der Waals surface area contributed by atoms with Crippen LogP contribution < -0.4 is 4.74 Å². The molecule has 4 heteroatoms. The summed E-state index contributed by atoms with van der Waals surface area (Å²) in [5.74, 6) is 1.58. The molecule has 2 rings (SSSR count).